The van der Waals surface area contributed by atoms with Crippen molar-refractivity contribution in [3.05, 3.63) is 46.8 Å². The molecule has 2 fully saturated rings. The van der Waals surface area contributed by atoms with Crippen LogP contribution < -0.4 is 10.8 Å². The Morgan fingerprint density at radius 3 is 2.59 bits per heavy atom. The van der Waals surface area contributed by atoms with Crippen LogP contribution in [0.3, 0.4) is 0 Å². The van der Waals surface area contributed by atoms with Crippen LogP contribution in [0.5, 0.6) is 0 Å². The fraction of sp³-hybridized carbons (Fsp3) is 0.500. The van der Waals surface area contributed by atoms with Crippen LogP contribution in [-0.2, 0) is 29.0 Å². The number of benzene rings is 1. The number of hydrogen-bond donors (Lipinski definition) is 2. The van der Waals surface area contributed by atoms with Gasteiger partial charge in [0, 0.05) is 35.4 Å². The molecule has 184 valence electrons. The first-order valence-corrected chi connectivity index (χ1v) is 14.0. The van der Waals surface area contributed by atoms with Crippen molar-refractivity contribution in [2.45, 2.75) is 56.0 Å². The molecule has 0 aliphatic carbocycles. The van der Waals surface area contributed by atoms with Gasteiger partial charge in [-0.2, -0.15) is 0 Å². The van der Waals surface area contributed by atoms with E-state index in [4.69, 9.17) is 9.57 Å². The van der Waals surface area contributed by atoms with E-state index in [0.717, 1.165) is 29.7 Å². The van der Waals surface area contributed by atoms with Crippen LogP contribution in [0, 0.1) is 0 Å². The molecule has 2 atom stereocenters. The van der Waals surface area contributed by atoms with Gasteiger partial charge in [-0.05, 0) is 55.5 Å². The third kappa shape index (κ3) is 5.19. The van der Waals surface area contributed by atoms with E-state index in [9.17, 15) is 18.0 Å². The molecule has 10 heteroatoms. The number of thiophene rings is 1. The average molecular weight is 507 g/mol. The van der Waals surface area contributed by atoms with Crippen LogP contribution in [0.2, 0.25) is 0 Å². The summed E-state index contributed by atoms with van der Waals surface area (Å²) in [5.41, 5.74) is 3.86. The smallest absolute Gasteiger partial charge is 0.251 e. The van der Waals surface area contributed by atoms with Crippen molar-refractivity contribution in [3.63, 3.8) is 0 Å². The Balaban J connectivity index is 1.56. The molecular formula is C24H30N2O6S2. The van der Waals surface area contributed by atoms with Crippen molar-refractivity contribution in [3.8, 4) is 10.4 Å². The Morgan fingerprint density at radius 2 is 1.91 bits per heavy atom. The summed E-state index contributed by atoms with van der Waals surface area (Å²) in [6, 6.07) is 10.8. The van der Waals surface area contributed by atoms with Crippen LogP contribution in [0.15, 0.2) is 36.4 Å². The Labute approximate surface area is 203 Å². The standard InChI is InChI=1S/C24H30N2O6S2/c1-25-23(28)18-9-7-17(8-10-18)19-11-12-20(33-19)24(13-3-5-15-34(24,29)30)16-21(27)26-32-22-6-2-4-14-31-22/h7-12,22H,2-6,13-16H2,1H3,(H,25,28)(H,26,27)/t22?,24-/m0/s1. The number of amides is 2. The maximum absolute atomic E-state index is 13.4. The fourth-order valence-corrected chi connectivity index (χ4v) is 8.30. The average Bonchev–Trinajstić information content (AvgIpc) is 3.35. The molecule has 8 nitrogen and oxygen atoms in total. The molecule has 4 rings (SSSR count). The zero-order valence-corrected chi connectivity index (χ0v) is 20.8. The molecule has 2 N–H and O–H groups in total. The van der Waals surface area contributed by atoms with Gasteiger partial charge in [-0.3, -0.25) is 9.59 Å². The third-order valence-electron chi connectivity index (χ3n) is 6.44. The minimum Gasteiger partial charge on any atom is -0.355 e. The second-order valence-electron chi connectivity index (χ2n) is 8.71. The van der Waals surface area contributed by atoms with Gasteiger partial charge in [0.25, 0.3) is 5.91 Å². The zero-order valence-electron chi connectivity index (χ0n) is 19.2. The number of ether oxygens (including phenoxy) is 1. The molecule has 2 aromatic rings. The summed E-state index contributed by atoms with van der Waals surface area (Å²) in [4.78, 5) is 31.6. The van der Waals surface area contributed by atoms with Crippen molar-refractivity contribution < 1.29 is 27.6 Å². The molecule has 1 aromatic carbocycles. The van der Waals surface area contributed by atoms with Crippen LogP contribution in [0.1, 0.15) is 60.2 Å². The largest absolute Gasteiger partial charge is 0.355 e. The molecule has 2 aliphatic rings. The van der Waals surface area contributed by atoms with Gasteiger partial charge in [0.2, 0.25) is 5.91 Å². The molecule has 0 spiro atoms. The number of hydrogen-bond acceptors (Lipinski definition) is 7. The lowest BCUT2D eigenvalue weighted by molar-refractivity contribution is -0.200. The second-order valence-corrected chi connectivity index (χ2v) is 12.2. The lowest BCUT2D eigenvalue weighted by Gasteiger charge is -2.35. The maximum atomic E-state index is 13.4. The highest BCUT2D eigenvalue weighted by Gasteiger charge is 2.49. The van der Waals surface area contributed by atoms with Gasteiger partial charge in [0.15, 0.2) is 16.1 Å². The van der Waals surface area contributed by atoms with Crippen molar-refractivity contribution in [2.75, 3.05) is 19.4 Å². The van der Waals surface area contributed by atoms with Gasteiger partial charge in [0.05, 0.1) is 12.2 Å². The molecule has 0 saturated carbocycles. The molecule has 2 saturated heterocycles. The SMILES string of the molecule is CNC(=O)c1ccc(-c2ccc([C@@]3(CC(=O)NOC4CCCCO4)CCCCS3(=O)=O)s2)cc1. The number of rotatable bonds is 7. The van der Waals surface area contributed by atoms with Gasteiger partial charge in [-0.25, -0.2) is 18.7 Å². The molecule has 0 radical (unpaired) electrons. The molecular weight excluding hydrogens is 476 g/mol. The minimum atomic E-state index is -3.56. The highest BCUT2D eigenvalue weighted by Crippen LogP contribution is 2.47. The number of carbonyl (C=O) groups excluding carboxylic acids is 2. The normalized spacial score (nSPS) is 24.3. The summed E-state index contributed by atoms with van der Waals surface area (Å²) in [7, 11) is -1.98. The highest BCUT2D eigenvalue weighted by atomic mass is 32.2. The fourth-order valence-electron chi connectivity index (χ4n) is 4.51. The monoisotopic (exact) mass is 506 g/mol. The predicted molar refractivity (Wildman–Crippen MR) is 130 cm³/mol. The molecule has 2 aliphatic heterocycles. The Hall–Kier alpha value is -2.27. The first-order valence-electron chi connectivity index (χ1n) is 11.6. The molecule has 3 heterocycles. The van der Waals surface area contributed by atoms with Crippen LogP contribution in [-0.4, -0.2) is 45.9 Å². The Bertz CT molecular complexity index is 1120. The van der Waals surface area contributed by atoms with E-state index in [1.807, 2.05) is 24.3 Å². The van der Waals surface area contributed by atoms with E-state index in [0.29, 0.717) is 36.3 Å². The first kappa shape index (κ1) is 24.8. The highest BCUT2D eigenvalue weighted by molar-refractivity contribution is 7.92. The van der Waals surface area contributed by atoms with Crippen molar-refractivity contribution >= 4 is 33.0 Å². The molecule has 1 unspecified atom stereocenters. The summed E-state index contributed by atoms with van der Waals surface area (Å²) in [6.45, 7) is 0.584. The van der Waals surface area contributed by atoms with Gasteiger partial charge >= 0.3 is 0 Å². The number of nitrogens with one attached hydrogen (secondary N) is 2. The van der Waals surface area contributed by atoms with E-state index in [2.05, 4.69) is 10.8 Å². The van der Waals surface area contributed by atoms with Gasteiger partial charge in [0.1, 0.15) is 4.75 Å². The third-order valence-corrected chi connectivity index (χ3v) is 10.5. The molecule has 2 amide bonds. The zero-order chi connectivity index (χ0) is 24.2. The summed E-state index contributed by atoms with van der Waals surface area (Å²) in [6.07, 6.45) is 3.63. The van der Waals surface area contributed by atoms with Crippen molar-refractivity contribution in [1.29, 1.82) is 0 Å². The topological polar surface area (TPSA) is 111 Å². The Kier molecular flexibility index (Phi) is 7.71. The van der Waals surface area contributed by atoms with Gasteiger partial charge in [-0.15, -0.1) is 11.3 Å². The van der Waals surface area contributed by atoms with Crippen molar-refractivity contribution in [1.82, 2.24) is 10.8 Å². The predicted octanol–water partition coefficient (Wildman–Crippen LogP) is 3.53. The van der Waals surface area contributed by atoms with Gasteiger partial charge < -0.3 is 10.1 Å². The van der Waals surface area contributed by atoms with E-state index < -0.39 is 26.8 Å². The second kappa shape index (κ2) is 10.6. The van der Waals surface area contributed by atoms with Crippen LogP contribution >= 0.6 is 11.3 Å². The lowest BCUT2D eigenvalue weighted by atomic mass is 9.94. The maximum Gasteiger partial charge on any atom is 0.251 e. The molecule has 1 aromatic heterocycles. The first-order chi connectivity index (χ1) is 16.3. The van der Waals surface area contributed by atoms with E-state index in [1.54, 1.807) is 19.2 Å². The number of hydroxylamine groups is 1. The summed E-state index contributed by atoms with van der Waals surface area (Å²) in [5.74, 6) is -0.581. The number of carbonyl (C=O) groups is 2. The van der Waals surface area contributed by atoms with E-state index in [-0.39, 0.29) is 18.1 Å². The quantitative estimate of drug-likeness (QED) is 0.556. The van der Waals surface area contributed by atoms with Crippen LogP contribution in [0.25, 0.3) is 10.4 Å². The summed E-state index contributed by atoms with van der Waals surface area (Å²) in [5, 5.41) is 2.59. The summed E-state index contributed by atoms with van der Waals surface area (Å²) >= 11 is 1.38. The number of sulfone groups is 1. The van der Waals surface area contributed by atoms with E-state index >= 15 is 0 Å². The molecule has 34 heavy (non-hydrogen) atoms. The minimum absolute atomic E-state index is 0.0565. The van der Waals surface area contributed by atoms with Crippen LogP contribution in [0.4, 0.5) is 0 Å². The lowest BCUT2D eigenvalue weighted by Crippen LogP contribution is -2.45. The van der Waals surface area contributed by atoms with Gasteiger partial charge in [-0.1, -0.05) is 18.6 Å². The Morgan fingerprint density at radius 1 is 1.12 bits per heavy atom. The summed E-state index contributed by atoms with van der Waals surface area (Å²) < 4.78 is 30.9. The van der Waals surface area contributed by atoms with Crippen molar-refractivity contribution in [2.24, 2.45) is 0 Å². The van der Waals surface area contributed by atoms with E-state index in [1.165, 1.54) is 11.3 Å². The molecule has 0 bridgehead atoms.